The van der Waals surface area contributed by atoms with Gasteiger partial charge in [0.2, 0.25) is 0 Å². The van der Waals surface area contributed by atoms with Crippen LogP contribution in [0, 0.1) is 0 Å². The van der Waals surface area contributed by atoms with Gasteiger partial charge in [0.25, 0.3) is 0 Å². The molecule has 0 spiro atoms. The van der Waals surface area contributed by atoms with Gasteiger partial charge >= 0.3 is 29.6 Å². The molecule has 1 N–H and O–H groups in total. The summed E-state index contributed by atoms with van der Waals surface area (Å²) in [6.45, 7) is 0. The molecule has 0 saturated carbocycles. The molecule has 0 bridgehead atoms. The molecular formula is C8H7N2NaO3S. The molecule has 5 nitrogen and oxygen atoms in total. The number of benzene rings is 1. The van der Waals surface area contributed by atoms with Crippen molar-refractivity contribution < 1.29 is 42.5 Å². The molecule has 15 heavy (non-hydrogen) atoms. The van der Waals surface area contributed by atoms with Gasteiger partial charge in [-0.3, -0.25) is 0 Å². The van der Waals surface area contributed by atoms with Crippen molar-refractivity contribution in [1.29, 1.82) is 0 Å². The number of rotatable bonds is 2. The Bertz CT molecular complexity index is 564. The van der Waals surface area contributed by atoms with E-state index in [4.69, 9.17) is 0 Å². The number of aromatic amines is 1. The second kappa shape index (κ2) is 4.63. The van der Waals surface area contributed by atoms with Crippen LogP contribution < -0.4 is 29.6 Å². The Labute approximate surface area is 109 Å². The van der Waals surface area contributed by atoms with E-state index in [2.05, 4.69) is 9.97 Å². The zero-order valence-corrected chi connectivity index (χ0v) is 10.9. The Kier molecular flexibility index (Phi) is 3.91. The van der Waals surface area contributed by atoms with Crippen LogP contribution in [-0.2, 0) is 15.9 Å². The van der Waals surface area contributed by atoms with E-state index < -0.39 is 15.9 Å². The molecule has 0 aliphatic rings. The number of imidazole rings is 1. The largest absolute Gasteiger partial charge is 1.00 e. The molecule has 1 aromatic carbocycles. The Morgan fingerprint density at radius 3 is 2.80 bits per heavy atom. The van der Waals surface area contributed by atoms with Crippen molar-refractivity contribution >= 4 is 21.2 Å². The van der Waals surface area contributed by atoms with E-state index in [-0.39, 0.29) is 29.6 Å². The summed E-state index contributed by atoms with van der Waals surface area (Å²) in [5.41, 5.74) is 1.94. The van der Waals surface area contributed by atoms with Crippen molar-refractivity contribution in [2.75, 3.05) is 0 Å². The van der Waals surface area contributed by atoms with Crippen LogP contribution in [0.3, 0.4) is 0 Å². The van der Waals surface area contributed by atoms with Crippen molar-refractivity contribution in [3.05, 3.63) is 30.1 Å². The molecule has 0 amide bonds. The fourth-order valence-corrected chi connectivity index (χ4v) is 1.86. The third-order valence-corrected chi connectivity index (χ3v) is 2.51. The quantitative estimate of drug-likeness (QED) is 0.464. The summed E-state index contributed by atoms with van der Waals surface area (Å²) >= 11 is 0. The maximum absolute atomic E-state index is 10.5. The van der Waals surface area contributed by atoms with Crippen LogP contribution in [0.25, 0.3) is 11.0 Å². The Morgan fingerprint density at radius 2 is 2.13 bits per heavy atom. The van der Waals surface area contributed by atoms with Crippen LogP contribution in [0.2, 0.25) is 0 Å². The Hall–Kier alpha value is -0.400. The third kappa shape index (κ3) is 3.29. The van der Waals surface area contributed by atoms with Crippen molar-refractivity contribution in [2.24, 2.45) is 0 Å². The zero-order valence-electron chi connectivity index (χ0n) is 8.10. The predicted octanol–water partition coefficient (Wildman–Crippen LogP) is -2.39. The van der Waals surface area contributed by atoms with E-state index in [9.17, 15) is 13.0 Å². The minimum atomic E-state index is -4.21. The molecule has 2 rings (SSSR count). The van der Waals surface area contributed by atoms with Crippen molar-refractivity contribution in [1.82, 2.24) is 9.97 Å². The maximum atomic E-state index is 10.5. The van der Waals surface area contributed by atoms with Crippen LogP contribution >= 0.6 is 0 Å². The smallest absolute Gasteiger partial charge is 0.748 e. The molecule has 0 atom stereocenters. The second-order valence-corrected chi connectivity index (χ2v) is 4.36. The van der Waals surface area contributed by atoms with Crippen molar-refractivity contribution in [3.63, 3.8) is 0 Å². The zero-order chi connectivity index (χ0) is 10.2. The van der Waals surface area contributed by atoms with E-state index in [1.54, 1.807) is 18.2 Å². The van der Waals surface area contributed by atoms with Crippen LogP contribution in [-0.4, -0.2) is 22.9 Å². The van der Waals surface area contributed by atoms with Gasteiger partial charge in [-0.05, 0) is 17.7 Å². The summed E-state index contributed by atoms with van der Waals surface area (Å²) in [6, 6.07) is 4.86. The normalized spacial score (nSPS) is 11.3. The number of fused-ring (bicyclic) bond motifs is 1. The van der Waals surface area contributed by atoms with Gasteiger partial charge in [0, 0.05) is 0 Å². The molecule has 0 unspecified atom stereocenters. The summed E-state index contributed by atoms with van der Waals surface area (Å²) in [5, 5.41) is 0. The number of aromatic nitrogens is 2. The molecule has 2 aromatic rings. The maximum Gasteiger partial charge on any atom is 1.00 e. The molecule has 74 valence electrons. The van der Waals surface area contributed by atoms with E-state index in [0.29, 0.717) is 5.56 Å². The monoisotopic (exact) mass is 234 g/mol. The molecule has 1 aromatic heterocycles. The number of hydrogen-bond donors (Lipinski definition) is 1. The fraction of sp³-hybridized carbons (Fsp3) is 0.125. The summed E-state index contributed by atoms with van der Waals surface area (Å²) in [4.78, 5) is 6.81. The summed E-state index contributed by atoms with van der Waals surface area (Å²) < 4.78 is 31.5. The van der Waals surface area contributed by atoms with Gasteiger partial charge < -0.3 is 9.54 Å². The second-order valence-electron chi connectivity index (χ2n) is 2.96. The van der Waals surface area contributed by atoms with Gasteiger partial charge in [0.15, 0.2) is 0 Å². The first-order chi connectivity index (χ1) is 6.54. The fourth-order valence-electron chi connectivity index (χ4n) is 1.28. The summed E-state index contributed by atoms with van der Waals surface area (Å²) in [5.74, 6) is -0.484. The van der Waals surface area contributed by atoms with Gasteiger partial charge in [0.1, 0.15) is 0 Å². The van der Waals surface area contributed by atoms with Crippen molar-refractivity contribution in [3.8, 4) is 0 Å². The topological polar surface area (TPSA) is 85.9 Å². The van der Waals surface area contributed by atoms with Gasteiger partial charge in [-0.25, -0.2) is 13.4 Å². The first-order valence-corrected chi connectivity index (χ1v) is 5.48. The van der Waals surface area contributed by atoms with Gasteiger partial charge in [-0.2, -0.15) is 0 Å². The molecule has 0 aliphatic heterocycles. The first kappa shape index (κ1) is 12.7. The molecule has 1 heterocycles. The minimum Gasteiger partial charge on any atom is -0.748 e. The summed E-state index contributed by atoms with van der Waals surface area (Å²) in [7, 11) is -4.21. The molecule has 0 fully saturated rings. The first-order valence-electron chi connectivity index (χ1n) is 3.90. The molecule has 0 radical (unpaired) electrons. The third-order valence-electron chi connectivity index (χ3n) is 1.83. The van der Waals surface area contributed by atoms with Crippen molar-refractivity contribution in [2.45, 2.75) is 5.75 Å². The number of nitrogens with zero attached hydrogens (tertiary/aromatic N) is 1. The van der Waals surface area contributed by atoms with Crippen LogP contribution in [0.15, 0.2) is 24.5 Å². The average molecular weight is 234 g/mol. The van der Waals surface area contributed by atoms with Crippen LogP contribution in [0.5, 0.6) is 0 Å². The molecule has 0 saturated heterocycles. The van der Waals surface area contributed by atoms with E-state index >= 15 is 0 Å². The van der Waals surface area contributed by atoms with E-state index in [1.165, 1.54) is 6.33 Å². The van der Waals surface area contributed by atoms with Gasteiger partial charge in [-0.1, -0.05) is 6.07 Å². The Balaban J connectivity index is 0.00000112. The van der Waals surface area contributed by atoms with Gasteiger partial charge in [0.05, 0.1) is 33.2 Å². The predicted molar refractivity (Wildman–Crippen MR) is 49.5 cm³/mol. The van der Waals surface area contributed by atoms with E-state index in [1.807, 2.05) is 0 Å². The number of nitrogens with one attached hydrogen (secondary N) is 1. The number of hydrogen-bond acceptors (Lipinski definition) is 4. The SMILES string of the molecule is O=S(=O)([O-])Cc1ccc2nc[nH]c2c1.[Na+]. The number of H-pyrrole nitrogens is 1. The summed E-state index contributed by atoms with van der Waals surface area (Å²) in [6.07, 6.45) is 1.51. The Morgan fingerprint density at radius 1 is 1.40 bits per heavy atom. The average Bonchev–Trinajstić information content (AvgIpc) is 2.47. The molecule has 0 aliphatic carbocycles. The minimum absolute atomic E-state index is 0. The standard InChI is InChI=1S/C8H8N2O3S.Na/c11-14(12,13)4-6-1-2-7-8(3-6)10-5-9-7;/h1-3,5H,4H2,(H,9,10)(H,11,12,13);/q;+1/p-1. The molecular weight excluding hydrogens is 227 g/mol. The van der Waals surface area contributed by atoms with Crippen LogP contribution in [0.4, 0.5) is 0 Å². The molecule has 7 heteroatoms. The van der Waals surface area contributed by atoms with Gasteiger partial charge in [-0.15, -0.1) is 0 Å². The van der Waals surface area contributed by atoms with E-state index in [0.717, 1.165) is 11.0 Å². The van der Waals surface area contributed by atoms with Crippen LogP contribution in [0.1, 0.15) is 5.56 Å².